The molecular formula is C24H22N4O4. The van der Waals surface area contributed by atoms with E-state index in [0.717, 1.165) is 26.3 Å². The van der Waals surface area contributed by atoms with E-state index in [9.17, 15) is 19.5 Å². The standard InChI is InChI=1S/C24H22N4O4/c1-15(29)25-12-11-18-17-9-5-6-10-20(17)26-21(18)13-19-22(30)27-24(32)28(23(19)31)14-16-7-3-2-4-8-16/h2-10,13,31H,11-12,14H2,1H3,(H,25,29)(H,27,30,32). The smallest absolute Gasteiger partial charge is 0.331 e. The average molecular weight is 430 g/mol. The quantitative estimate of drug-likeness (QED) is 0.532. The molecule has 0 bridgehead atoms. The summed E-state index contributed by atoms with van der Waals surface area (Å²) in [5, 5.41) is 15.2. The van der Waals surface area contributed by atoms with Crippen LogP contribution >= 0.6 is 0 Å². The molecule has 1 amide bonds. The summed E-state index contributed by atoms with van der Waals surface area (Å²) < 4.78 is 1.11. The number of rotatable bonds is 6. The van der Waals surface area contributed by atoms with Crippen LogP contribution in [0.25, 0.3) is 11.6 Å². The van der Waals surface area contributed by atoms with Crippen molar-refractivity contribution in [3.05, 3.63) is 103 Å². The lowest BCUT2D eigenvalue weighted by Crippen LogP contribution is -2.31. The molecule has 0 aliphatic carbocycles. The number of para-hydroxylation sites is 1. The third-order valence-corrected chi connectivity index (χ3v) is 5.20. The van der Waals surface area contributed by atoms with Crippen LogP contribution in [-0.2, 0) is 11.3 Å². The van der Waals surface area contributed by atoms with E-state index in [1.807, 2.05) is 54.6 Å². The van der Waals surface area contributed by atoms with Gasteiger partial charge in [-0.05, 0) is 29.7 Å². The summed E-state index contributed by atoms with van der Waals surface area (Å²) in [6.45, 7) is 1.96. The largest absolute Gasteiger partial charge is 0.494 e. The van der Waals surface area contributed by atoms with Gasteiger partial charge in [0.15, 0.2) is 0 Å². The van der Waals surface area contributed by atoms with E-state index in [1.165, 1.54) is 13.0 Å². The van der Waals surface area contributed by atoms with E-state index < -0.39 is 17.1 Å². The zero-order valence-electron chi connectivity index (χ0n) is 17.5. The summed E-state index contributed by atoms with van der Waals surface area (Å²) in [5.41, 5.74) is 0.702. The van der Waals surface area contributed by atoms with Crippen LogP contribution in [-0.4, -0.2) is 27.1 Å². The number of hydrogen-bond acceptors (Lipinski definition) is 5. The lowest BCUT2D eigenvalue weighted by molar-refractivity contribution is -0.118. The second kappa shape index (κ2) is 8.89. The van der Waals surface area contributed by atoms with Crippen LogP contribution in [0.2, 0.25) is 0 Å². The molecule has 0 atom stereocenters. The van der Waals surface area contributed by atoms with Crippen LogP contribution in [0.4, 0.5) is 0 Å². The summed E-state index contributed by atoms with van der Waals surface area (Å²) >= 11 is 0. The Labute approximate surface area is 182 Å². The van der Waals surface area contributed by atoms with Gasteiger partial charge in [-0.3, -0.25) is 19.1 Å². The molecule has 1 aliphatic heterocycles. The Hall–Kier alpha value is -4.20. The predicted octanol–water partition coefficient (Wildman–Crippen LogP) is 0.642. The van der Waals surface area contributed by atoms with E-state index in [2.05, 4.69) is 15.3 Å². The number of nitrogens with one attached hydrogen (secondary N) is 2. The second-order valence-corrected chi connectivity index (χ2v) is 7.44. The molecule has 32 heavy (non-hydrogen) atoms. The molecule has 0 unspecified atom stereocenters. The number of nitrogens with zero attached hydrogens (tertiary/aromatic N) is 2. The first-order chi connectivity index (χ1) is 15.4. The molecule has 1 aromatic heterocycles. The molecule has 8 nitrogen and oxygen atoms in total. The van der Waals surface area contributed by atoms with Crippen molar-refractivity contribution in [2.24, 2.45) is 4.99 Å². The van der Waals surface area contributed by atoms with Crippen molar-refractivity contribution in [3.63, 3.8) is 0 Å². The zero-order valence-corrected chi connectivity index (χ0v) is 17.5. The Morgan fingerprint density at radius 1 is 1.12 bits per heavy atom. The Bertz CT molecular complexity index is 1450. The van der Waals surface area contributed by atoms with Crippen molar-refractivity contribution in [1.29, 1.82) is 0 Å². The fourth-order valence-corrected chi connectivity index (χ4v) is 3.66. The van der Waals surface area contributed by atoms with Gasteiger partial charge in [-0.15, -0.1) is 0 Å². The predicted molar refractivity (Wildman–Crippen MR) is 120 cm³/mol. The van der Waals surface area contributed by atoms with Gasteiger partial charge < -0.3 is 10.4 Å². The first-order valence-corrected chi connectivity index (χ1v) is 10.2. The van der Waals surface area contributed by atoms with Gasteiger partial charge in [0.2, 0.25) is 11.8 Å². The van der Waals surface area contributed by atoms with Crippen LogP contribution < -0.4 is 27.1 Å². The number of amides is 1. The lowest BCUT2D eigenvalue weighted by Gasteiger charge is -2.11. The first-order valence-electron chi connectivity index (χ1n) is 10.2. The van der Waals surface area contributed by atoms with E-state index in [0.29, 0.717) is 18.7 Å². The molecular weight excluding hydrogens is 408 g/mol. The van der Waals surface area contributed by atoms with Crippen molar-refractivity contribution in [2.45, 2.75) is 19.9 Å². The molecule has 2 heterocycles. The number of benzene rings is 2. The van der Waals surface area contributed by atoms with Crippen molar-refractivity contribution in [1.82, 2.24) is 14.9 Å². The number of H-pyrrole nitrogens is 1. The number of carbonyl (C=O) groups excluding carboxylic acids is 1. The zero-order chi connectivity index (χ0) is 22.7. The van der Waals surface area contributed by atoms with Crippen molar-refractivity contribution in [2.75, 3.05) is 6.54 Å². The summed E-state index contributed by atoms with van der Waals surface area (Å²) in [6.07, 6.45) is 1.98. The fourth-order valence-electron chi connectivity index (χ4n) is 3.66. The summed E-state index contributed by atoms with van der Waals surface area (Å²) in [6, 6.07) is 16.7. The molecule has 4 rings (SSSR count). The van der Waals surface area contributed by atoms with Crippen LogP contribution in [0.3, 0.4) is 0 Å². The Morgan fingerprint density at radius 3 is 2.59 bits per heavy atom. The first kappa shape index (κ1) is 21.0. The highest BCUT2D eigenvalue weighted by atomic mass is 16.3. The molecule has 3 N–H and O–H groups in total. The SMILES string of the molecule is CC(=O)NCCC1=c2ccccc2=NC1=Cc1c(O)n(Cc2ccccc2)c(=O)[nH]c1=O. The van der Waals surface area contributed by atoms with Gasteiger partial charge in [0, 0.05) is 18.7 Å². The number of fused-ring (bicyclic) bond motifs is 1. The topological polar surface area (TPSA) is 117 Å². The maximum absolute atomic E-state index is 12.6. The molecule has 2 aromatic carbocycles. The molecule has 3 aromatic rings. The molecule has 0 spiro atoms. The minimum Gasteiger partial charge on any atom is -0.494 e. The second-order valence-electron chi connectivity index (χ2n) is 7.44. The maximum atomic E-state index is 12.6. The highest BCUT2D eigenvalue weighted by Crippen LogP contribution is 2.23. The normalized spacial score (nSPS) is 13.7. The minimum atomic E-state index is -0.698. The molecule has 0 fully saturated rings. The minimum absolute atomic E-state index is 0.0517. The van der Waals surface area contributed by atoms with Gasteiger partial charge in [-0.2, -0.15) is 0 Å². The van der Waals surface area contributed by atoms with E-state index >= 15 is 0 Å². The van der Waals surface area contributed by atoms with E-state index in [-0.39, 0.29) is 18.0 Å². The van der Waals surface area contributed by atoms with Crippen molar-refractivity contribution < 1.29 is 9.90 Å². The molecule has 1 aliphatic rings. The van der Waals surface area contributed by atoms with Crippen LogP contribution in [0, 0.1) is 0 Å². The van der Waals surface area contributed by atoms with Gasteiger partial charge in [-0.25, -0.2) is 9.79 Å². The summed E-state index contributed by atoms with van der Waals surface area (Å²) in [4.78, 5) is 43.1. The number of aromatic hydroxyl groups is 1. The molecule has 162 valence electrons. The Balaban J connectivity index is 1.79. The van der Waals surface area contributed by atoms with E-state index in [4.69, 9.17) is 0 Å². The van der Waals surface area contributed by atoms with Gasteiger partial charge in [-0.1, -0.05) is 48.5 Å². The Kier molecular flexibility index (Phi) is 5.85. The van der Waals surface area contributed by atoms with Crippen molar-refractivity contribution in [3.8, 4) is 5.88 Å². The number of aromatic amines is 1. The van der Waals surface area contributed by atoms with Crippen LogP contribution in [0.15, 0.2) is 74.9 Å². The monoisotopic (exact) mass is 430 g/mol. The number of carbonyl (C=O) groups is 1. The molecule has 0 saturated heterocycles. The van der Waals surface area contributed by atoms with Crippen LogP contribution in [0.5, 0.6) is 5.88 Å². The summed E-state index contributed by atoms with van der Waals surface area (Å²) in [7, 11) is 0. The number of allylic oxidation sites excluding steroid dienone is 1. The molecule has 8 heteroatoms. The fraction of sp³-hybridized carbons (Fsp3) is 0.167. The van der Waals surface area contributed by atoms with E-state index in [1.54, 1.807) is 0 Å². The van der Waals surface area contributed by atoms with Gasteiger partial charge in [0.05, 0.1) is 17.6 Å². The Morgan fingerprint density at radius 2 is 1.84 bits per heavy atom. The number of aromatic nitrogens is 2. The molecule has 0 saturated carbocycles. The van der Waals surface area contributed by atoms with Gasteiger partial charge in [0.1, 0.15) is 5.56 Å². The highest BCUT2D eigenvalue weighted by Gasteiger charge is 2.18. The lowest BCUT2D eigenvalue weighted by atomic mass is 10.1. The number of hydrogen-bond donors (Lipinski definition) is 3. The third kappa shape index (κ3) is 4.29. The third-order valence-electron chi connectivity index (χ3n) is 5.20. The van der Waals surface area contributed by atoms with Gasteiger partial charge in [0.25, 0.3) is 5.56 Å². The molecule has 0 radical (unpaired) electrons. The van der Waals surface area contributed by atoms with Crippen molar-refractivity contribution >= 4 is 17.6 Å². The average Bonchev–Trinajstić information content (AvgIpc) is 3.12. The van der Waals surface area contributed by atoms with Crippen LogP contribution in [0.1, 0.15) is 24.5 Å². The summed E-state index contributed by atoms with van der Waals surface area (Å²) in [5.74, 6) is -0.566. The highest BCUT2D eigenvalue weighted by molar-refractivity contribution is 5.77. The van der Waals surface area contributed by atoms with Gasteiger partial charge >= 0.3 is 5.69 Å². The maximum Gasteiger partial charge on any atom is 0.331 e.